The second-order valence-electron chi connectivity index (χ2n) is 7.15. The largest absolute Gasteiger partial charge is 0.324 e. The molecule has 0 saturated carbocycles. The summed E-state index contributed by atoms with van der Waals surface area (Å²) in [7, 11) is -3.88. The number of rotatable bonds is 4. The number of fused-ring (bicyclic) bond motifs is 1. The number of nitrogens with one attached hydrogen (secondary N) is 1. The van der Waals surface area contributed by atoms with Gasteiger partial charge < -0.3 is 10.2 Å². The molecule has 1 aliphatic heterocycles. The van der Waals surface area contributed by atoms with Gasteiger partial charge in [-0.1, -0.05) is 48.5 Å². The second-order valence-corrected chi connectivity index (χ2v) is 9.25. The van der Waals surface area contributed by atoms with E-state index in [9.17, 15) is 22.4 Å². The molecule has 0 aliphatic carbocycles. The molecule has 0 saturated heterocycles. The monoisotopic (exact) mass is 438 g/mol. The van der Waals surface area contributed by atoms with Gasteiger partial charge in [0.05, 0.1) is 15.8 Å². The maximum Gasteiger partial charge on any atom is 0.244 e. The molecule has 6 nitrogen and oxygen atoms in total. The molecule has 1 heterocycles. The number of nitrogens with zero attached hydrogens (tertiary/aromatic N) is 1. The summed E-state index contributed by atoms with van der Waals surface area (Å²) in [5, 5.41) is 1.49. The van der Waals surface area contributed by atoms with E-state index in [0.717, 1.165) is 6.07 Å². The fraction of sp³-hybridized carbons (Fsp3) is 0.130. The SMILES string of the molecule is O=C(CN1C(=O)C[C@H](c2ccccc2)S(=O)(=O)c2ccccc21)Nc1cccc(F)c1. The van der Waals surface area contributed by atoms with Gasteiger partial charge >= 0.3 is 0 Å². The summed E-state index contributed by atoms with van der Waals surface area (Å²) in [5.41, 5.74) is 0.910. The molecular weight excluding hydrogens is 419 g/mol. The average Bonchev–Trinajstić information content (AvgIpc) is 2.83. The molecule has 1 atom stereocenters. The number of amides is 2. The van der Waals surface area contributed by atoms with Crippen LogP contribution in [0.3, 0.4) is 0 Å². The van der Waals surface area contributed by atoms with E-state index < -0.39 is 39.3 Å². The van der Waals surface area contributed by atoms with Crippen molar-refractivity contribution in [2.24, 2.45) is 0 Å². The van der Waals surface area contributed by atoms with Crippen LogP contribution in [0.1, 0.15) is 17.2 Å². The summed E-state index contributed by atoms with van der Waals surface area (Å²) >= 11 is 0. The summed E-state index contributed by atoms with van der Waals surface area (Å²) in [4.78, 5) is 26.9. The molecule has 0 aromatic heterocycles. The Balaban J connectivity index is 1.69. The highest BCUT2D eigenvalue weighted by atomic mass is 32.2. The molecule has 2 amide bonds. The van der Waals surface area contributed by atoms with E-state index >= 15 is 0 Å². The van der Waals surface area contributed by atoms with Crippen molar-refractivity contribution in [2.75, 3.05) is 16.8 Å². The lowest BCUT2D eigenvalue weighted by Crippen LogP contribution is -2.38. The Bertz CT molecular complexity index is 1250. The first kappa shape index (κ1) is 20.7. The third kappa shape index (κ3) is 4.20. The Morgan fingerprint density at radius 3 is 2.45 bits per heavy atom. The molecule has 0 bridgehead atoms. The Morgan fingerprint density at radius 1 is 1.00 bits per heavy atom. The van der Waals surface area contributed by atoms with Crippen LogP contribution in [0.5, 0.6) is 0 Å². The van der Waals surface area contributed by atoms with Crippen LogP contribution in [-0.4, -0.2) is 26.8 Å². The second kappa shape index (κ2) is 8.31. The van der Waals surface area contributed by atoms with E-state index in [1.54, 1.807) is 42.5 Å². The van der Waals surface area contributed by atoms with Gasteiger partial charge in [0.25, 0.3) is 0 Å². The lowest BCUT2D eigenvalue weighted by Gasteiger charge is -2.21. The van der Waals surface area contributed by atoms with Crippen molar-refractivity contribution < 1.29 is 22.4 Å². The van der Waals surface area contributed by atoms with Crippen molar-refractivity contribution in [2.45, 2.75) is 16.6 Å². The molecule has 1 aliphatic rings. The Kier molecular flexibility index (Phi) is 5.56. The van der Waals surface area contributed by atoms with Gasteiger partial charge in [-0.25, -0.2) is 12.8 Å². The number of hydrogen-bond donors (Lipinski definition) is 1. The number of carbonyl (C=O) groups is 2. The minimum atomic E-state index is -3.88. The van der Waals surface area contributed by atoms with Crippen molar-refractivity contribution >= 4 is 33.0 Å². The van der Waals surface area contributed by atoms with Crippen LogP contribution in [-0.2, 0) is 19.4 Å². The van der Waals surface area contributed by atoms with Crippen molar-refractivity contribution in [1.29, 1.82) is 0 Å². The van der Waals surface area contributed by atoms with Gasteiger partial charge in [-0.05, 0) is 35.9 Å². The molecule has 4 rings (SSSR count). The summed E-state index contributed by atoms with van der Waals surface area (Å²) in [6, 6.07) is 20.1. The zero-order valence-corrected chi connectivity index (χ0v) is 17.2. The van der Waals surface area contributed by atoms with Gasteiger partial charge in [0.15, 0.2) is 9.84 Å². The van der Waals surface area contributed by atoms with Gasteiger partial charge in [-0.3, -0.25) is 9.59 Å². The highest BCUT2D eigenvalue weighted by Crippen LogP contribution is 2.40. The van der Waals surface area contributed by atoms with Crippen LogP contribution in [0.25, 0.3) is 0 Å². The number of hydrogen-bond acceptors (Lipinski definition) is 4. The zero-order chi connectivity index (χ0) is 22.0. The third-order valence-corrected chi connectivity index (χ3v) is 7.23. The fourth-order valence-corrected chi connectivity index (χ4v) is 5.56. The molecule has 8 heteroatoms. The summed E-state index contributed by atoms with van der Waals surface area (Å²) < 4.78 is 40.2. The van der Waals surface area contributed by atoms with Crippen molar-refractivity contribution in [1.82, 2.24) is 0 Å². The van der Waals surface area contributed by atoms with Crippen molar-refractivity contribution in [3.8, 4) is 0 Å². The molecule has 3 aromatic rings. The van der Waals surface area contributed by atoms with Crippen molar-refractivity contribution in [3.63, 3.8) is 0 Å². The van der Waals surface area contributed by atoms with Gasteiger partial charge in [-0.15, -0.1) is 0 Å². The zero-order valence-electron chi connectivity index (χ0n) is 16.4. The molecule has 1 N–H and O–H groups in total. The average molecular weight is 438 g/mol. The lowest BCUT2D eigenvalue weighted by molar-refractivity contribution is -0.121. The molecule has 0 unspecified atom stereocenters. The van der Waals surface area contributed by atoms with E-state index in [0.29, 0.717) is 5.56 Å². The van der Waals surface area contributed by atoms with E-state index in [1.165, 1.54) is 35.2 Å². The van der Waals surface area contributed by atoms with Crippen LogP contribution in [0.15, 0.2) is 83.8 Å². The number of para-hydroxylation sites is 1. The number of anilines is 2. The molecule has 31 heavy (non-hydrogen) atoms. The van der Waals surface area contributed by atoms with Crippen LogP contribution in [0.4, 0.5) is 15.8 Å². The smallest absolute Gasteiger partial charge is 0.244 e. The van der Waals surface area contributed by atoms with Gasteiger partial charge in [0.1, 0.15) is 12.4 Å². The van der Waals surface area contributed by atoms with Crippen LogP contribution in [0, 0.1) is 5.82 Å². The van der Waals surface area contributed by atoms with E-state index in [-0.39, 0.29) is 22.7 Å². The highest BCUT2D eigenvalue weighted by molar-refractivity contribution is 7.92. The summed E-state index contributed by atoms with van der Waals surface area (Å²) in [6.07, 6.45) is -0.297. The predicted octanol–water partition coefficient (Wildman–Crippen LogP) is 3.72. The predicted molar refractivity (Wildman–Crippen MR) is 115 cm³/mol. The Labute approximate surface area is 179 Å². The first-order valence-electron chi connectivity index (χ1n) is 9.60. The fourth-order valence-electron chi connectivity index (χ4n) is 3.64. The highest BCUT2D eigenvalue weighted by Gasteiger charge is 2.39. The molecule has 3 aromatic carbocycles. The molecule has 0 radical (unpaired) electrons. The number of halogens is 1. The molecular formula is C23H19FN2O4S. The van der Waals surface area contributed by atoms with Gasteiger partial charge in [-0.2, -0.15) is 0 Å². The first-order valence-corrected chi connectivity index (χ1v) is 11.1. The standard InChI is InChI=1S/C23H19FN2O4S/c24-17-9-6-10-18(13-17)25-22(27)15-26-19-11-4-5-12-20(19)31(29,30)21(14-23(26)28)16-7-2-1-3-8-16/h1-13,21H,14-15H2,(H,25,27)/t21-/m1/s1. The quantitative estimate of drug-likeness (QED) is 0.673. The maximum absolute atomic E-state index is 13.4. The topological polar surface area (TPSA) is 83.6 Å². The maximum atomic E-state index is 13.4. The first-order chi connectivity index (χ1) is 14.9. The number of carbonyl (C=O) groups excluding carboxylic acids is 2. The summed E-state index contributed by atoms with van der Waals surface area (Å²) in [5.74, 6) is -1.56. The van der Waals surface area contributed by atoms with Gasteiger partial charge in [0.2, 0.25) is 11.8 Å². The van der Waals surface area contributed by atoms with Crippen LogP contribution in [0.2, 0.25) is 0 Å². The van der Waals surface area contributed by atoms with E-state index in [2.05, 4.69) is 5.32 Å². The Morgan fingerprint density at radius 2 is 1.71 bits per heavy atom. The molecule has 158 valence electrons. The van der Waals surface area contributed by atoms with E-state index in [4.69, 9.17) is 0 Å². The van der Waals surface area contributed by atoms with Gasteiger partial charge in [0, 0.05) is 12.1 Å². The molecule has 0 fully saturated rings. The normalized spacial score (nSPS) is 17.5. The number of sulfone groups is 1. The van der Waals surface area contributed by atoms with Crippen molar-refractivity contribution in [3.05, 3.63) is 90.2 Å². The summed E-state index contributed by atoms with van der Waals surface area (Å²) in [6.45, 7) is -0.399. The number of benzene rings is 3. The van der Waals surface area contributed by atoms with E-state index in [1.807, 2.05) is 0 Å². The minimum absolute atomic E-state index is 0.00624. The van der Waals surface area contributed by atoms with Crippen LogP contribution >= 0.6 is 0 Å². The minimum Gasteiger partial charge on any atom is -0.324 e. The third-order valence-electron chi connectivity index (χ3n) is 5.08. The Hall–Kier alpha value is -3.52. The molecule has 0 spiro atoms. The lowest BCUT2D eigenvalue weighted by atomic mass is 10.1. The van der Waals surface area contributed by atoms with Crippen LogP contribution < -0.4 is 10.2 Å².